The Bertz CT molecular complexity index is 473. The minimum atomic E-state index is -0.699. The summed E-state index contributed by atoms with van der Waals surface area (Å²) in [6.07, 6.45) is 2.50. The van der Waals surface area contributed by atoms with Crippen LogP contribution in [0, 0.1) is 5.82 Å². The molecule has 0 bridgehead atoms. The normalized spacial score (nSPS) is 16.9. The van der Waals surface area contributed by atoms with E-state index >= 15 is 0 Å². The zero-order valence-corrected chi connectivity index (χ0v) is 11.8. The first-order chi connectivity index (χ1) is 9.63. The van der Waals surface area contributed by atoms with Gasteiger partial charge in [-0.25, -0.2) is 4.39 Å². The molecule has 4 nitrogen and oxygen atoms in total. The van der Waals surface area contributed by atoms with Gasteiger partial charge < -0.3 is 15.4 Å². The highest BCUT2D eigenvalue weighted by Gasteiger charge is 2.25. The van der Waals surface area contributed by atoms with E-state index in [-0.39, 0.29) is 18.2 Å². The molecule has 0 aromatic heterocycles. The van der Waals surface area contributed by atoms with Crippen LogP contribution in [-0.4, -0.2) is 30.0 Å². The zero-order chi connectivity index (χ0) is 14.5. The largest absolute Gasteiger partial charge is 0.477 e. The minimum absolute atomic E-state index is 0.0871. The number of ether oxygens (including phenoxy) is 1. The summed E-state index contributed by atoms with van der Waals surface area (Å²) in [7, 11) is 0. The van der Waals surface area contributed by atoms with Crippen LogP contribution in [0.2, 0.25) is 0 Å². The van der Waals surface area contributed by atoms with Crippen LogP contribution in [0.4, 0.5) is 4.39 Å². The number of para-hydroxylation sites is 1. The molecule has 5 heteroatoms. The summed E-state index contributed by atoms with van der Waals surface area (Å²) >= 11 is 0. The molecule has 110 valence electrons. The van der Waals surface area contributed by atoms with E-state index in [1.54, 1.807) is 24.0 Å². The van der Waals surface area contributed by atoms with Gasteiger partial charge in [0.05, 0.1) is 0 Å². The Morgan fingerprint density at radius 3 is 2.75 bits per heavy atom. The van der Waals surface area contributed by atoms with Gasteiger partial charge in [-0.15, -0.1) is 0 Å². The number of halogens is 1. The van der Waals surface area contributed by atoms with E-state index in [9.17, 15) is 9.18 Å². The number of nitrogens with two attached hydrogens (primary N) is 1. The topological polar surface area (TPSA) is 55.6 Å². The Labute approximate surface area is 118 Å². The van der Waals surface area contributed by atoms with Crippen LogP contribution in [-0.2, 0) is 11.3 Å². The molecule has 0 radical (unpaired) electrons. The Morgan fingerprint density at radius 1 is 1.40 bits per heavy atom. The Morgan fingerprint density at radius 2 is 2.10 bits per heavy atom. The molecule has 1 unspecified atom stereocenters. The van der Waals surface area contributed by atoms with Crippen LogP contribution in [0.15, 0.2) is 18.2 Å². The van der Waals surface area contributed by atoms with Crippen molar-refractivity contribution in [2.75, 3.05) is 13.1 Å². The van der Waals surface area contributed by atoms with Gasteiger partial charge in [0.25, 0.3) is 5.91 Å². The predicted octanol–water partition coefficient (Wildman–Crippen LogP) is 2.06. The van der Waals surface area contributed by atoms with Crippen LogP contribution in [0.25, 0.3) is 0 Å². The van der Waals surface area contributed by atoms with Gasteiger partial charge in [0.2, 0.25) is 0 Å². The van der Waals surface area contributed by atoms with Gasteiger partial charge in [-0.3, -0.25) is 4.79 Å². The second kappa shape index (κ2) is 6.70. The molecule has 2 N–H and O–H groups in total. The molecule has 0 aliphatic carbocycles. The van der Waals surface area contributed by atoms with Crippen molar-refractivity contribution in [3.8, 4) is 5.75 Å². The summed E-state index contributed by atoms with van der Waals surface area (Å²) in [6, 6.07) is 4.60. The fraction of sp³-hybridized carbons (Fsp3) is 0.533. The summed E-state index contributed by atoms with van der Waals surface area (Å²) in [5.41, 5.74) is 6.14. The number of hydrogen-bond acceptors (Lipinski definition) is 3. The van der Waals surface area contributed by atoms with E-state index < -0.39 is 11.9 Å². The second-order valence-corrected chi connectivity index (χ2v) is 5.08. The number of nitrogens with zero attached hydrogens (tertiary/aromatic N) is 1. The van der Waals surface area contributed by atoms with Crippen molar-refractivity contribution in [2.45, 2.75) is 38.8 Å². The lowest BCUT2D eigenvalue weighted by Gasteiger charge is -2.29. The SMILES string of the molecule is CC(Oc1c(F)cccc1CN)C(=O)N1CCCCC1. The van der Waals surface area contributed by atoms with Gasteiger partial charge in [-0.2, -0.15) is 0 Å². The van der Waals surface area contributed by atoms with Crippen molar-refractivity contribution in [3.63, 3.8) is 0 Å². The van der Waals surface area contributed by atoms with Gasteiger partial charge >= 0.3 is 0 Å². The molecule has 1 saturated heterocycles. The molecule has 1 aliphatic rings. The van der Waals surface area contributed by atoms with Gasteiger partial charge in [0.15, 0.2) is 17.7 Å². The summed E-state index contributed by atoms with van der Waals surface area (Å²) in [5.74, 6) is -0.477. The Hall–Kier alpha value is -1.62. The first-order valence-corrected chi connectivity index (χ1v) is 7.06. The molecule has 1 amide bonds. The van der Waals surface area contributed by atoms with Crippen molar-refractivity contribution < 1.29 is 13.9 Å². The first kappa shape index (κ1) is 14.8. The van der Waals surface area contributed by atoms with Crippen molar-refractivity contribution in [1.29, 1.82) is 0 Å². The zero-order valence-electron chi connectivity index (χ0n) is 11.8. The molecule has 1 aromatic rings. The van der Waals surface area contributed by atoms with Gasteiger partial charge in [-0.05, 0) is 32.3 Å². The lowest BCUT2D eigenvalue weighted by atomic mass is 10.1. The molecule has 20 heavy (non-hydrogen) atoms. The van der Waals surface area contributed by atoms with Gasteiger partial charge in [0.1, 0.15) is 0 Å². The third kappa shape index (κ3) is 3.28. The first-order valence-electron chi connectivity index (χ1n) is 7.06. The second-order valence-electron chi connectivity index (χ2n) is 5.08. The molecule has 0 saturated carbocycles. The summed E-state index contributed by atoms with van der Waals surface area (Å²) in [5, 5.41) is 0. The van der Waals surface area contributed by atoms with E-state index in [1.807, 2.05) is 0 Å². The highest BCUT2D eigenvalue weighted by atomic mass is 19.1. The number of likely N-dealkylation sites (tertiary alicyclic amines) is 1. The standard InChI is InChI=1S/C15H21FN2O2/c1-11(15(19)18-8-3-2-4-9-18)20-14-12(10-17)6-5-7-13(14)16/h5-7,11H,2-4,8-10,17H2,1H3. The number of piperidine rings is 1. The molecular weight excluding hydrogens is 259 g/mol. The summed E-state index contributed by atoms with van der Waals surface area (Å²) in [6.45, 7) is 3.35. The highest BCUT2D eigenvalue weighted by Crippen LogP contribution is 2.24. The molecule has 1 aromatic carbocycles. The number of amides is 1. The van der Waals surface area contributed by atoms with Crippen LogP contribution >= 0.6 is 0 Å². The average Bonchev–Trinajstić information content (AvgIpc) is 2.49. The number of hydrogen-bond donors (Lipinski definition) is 1. The van der Waals surface area contributed by atoms with Crippen LogP contribution in [0.1, 0.15) is 31.7 Å². The Balaban J connectivity index is 2.07. The van der Waals surface area contributed by atoms with Crippen LogP contribution in [0.3, 0.4) is 0 Å². The van der Waals surface area contributed by atoms with Crippen molar-refractivity contribution in [2.24, 2.45) is 5.73 Å². The maximum Gasteiger partial charge on any atom is 0.263 e. The van der Waals surface area contributed by atoms with E-state index in [4.69, 9.17) is 10.5 Å². The van der Waals surface area contributed by atoms with Crippen molar-refractivity contribution >= 4 is 5.91 Å². The minimum Gasteiger partial charge on any atom is -0.477 e. The quantitative estimate of drug-likeness (QED) is 0.918. The average molecular weight is 280 g/mol. The summed E-state index contributed by atoms with van der Waals surface area (Å²) in [4.78, 5) is 14.0. The fourth-order valence-corrected chi connectivity index (χ4v) is 2.44. The van der Waals surface area contributed by atoms with E-state index in [0.29, 0.717) is 5.56 Å². The van der Waals surface area contributed by atoms with E-state index in [2.05, 4.69) is 0 Å². The molecule has 2 rings (SSSR count). The molecule has 1 heterocycles. The monoisotopic (exact) mass is 280 g/mol. The number of rotatable bonds is 4. The smallest absolute Gasteiger partial charge is 0.263 e. The van der Waals surface area contributed by atoms with Crippen molar-refractivity contribution in [3.05, 3.63) is 29.6 Å². The number of carbonyl (C=O) groups excluding carboxylic acids is 1. The highest BCUT2D eigenvalue weighted by molar-refractivity contribution is 5.81. The maximum absolute atomic E-state index is 13.8. The Kier molecular flexibility index (Phi) is 4.95. The van der Waals surface area contributed by atoms with Crippen molar-refractivity contribution in [1.82, 2.24) is 4.90 Å². The van der Waals surface area contributed by atoms with Crippen LogP contribution in [0.5, 0.6) is 5.75 Å². The maximum atomic E-state index is 13.8. The molecule has 1 aliphatic heterocycles. The molecular formula is C15H21FN2O2. The third-order valence-corrected chi connectivity index (χ3v) is 3.58. The fourth-order valence-electron chi connectivity index (χ4n) is 2.44. The van der Waals surface area contributed by atoms with E-state index in [1.165, 1.54) is 6.07 Å². The number of benzene rings is 1. The van der Waals surface area contributed by atoms with E-state index in [0.717, 1.165) is 32.4 Å². The lowest BCUT2D eigenvalue weighted by molar-refractivity contribution is -0.138. The van der Waals surface area contributed by atoms with Gasteiger partial charge in [-0.1, -0.05) is 12.1 Å². The molecule has 1 atom stereocenters. The van der Waals surface area contributed by atoms with Gasteiger partial charge in [0, 0.05) is 25.2 Å². The number of carbonyl (C=O) groups is 1. The lowest BCUT2D eigenvalue weighted by Crippen LogP contribution is -2.43. The summed E-state index contributed by atoms with van der Waals surface area (Å²) < 4.78 is 19.3. The van der Waals surface area contributed by atoms with Crippen LogP contribution < -0.4 is 10.5 Å². The molecule has 0 spiro atoms. The predicted molar refractivity (Wildman–Crippen MR) is 74.8 cm³/mol. The molecule has 1 fully saturated rings. The third-order valence-electron chi connectivity index (χ3n) is 3.58.